The number of carbonyl (C=O) groups excluding carboxylic acids is 1. The highest BCUT2D eigenvalue weighted by atomic mass is 16.1. The molecule has 1 amide bonds. The lowest BCUT2D eigenvalue weighted by atomic mass is 10.0. The average Bonchev–Trinajstić information content (AvgIpc) is 2.46. The monoisotopic (exact) mass is 293 g/mol. The first-order chi connectivity index (χ1) is 9.99. The number of rotatable bonds is 8. The van der Waals surface area contributed by atoms with Gasteiger partial charge in [-0.15, -0.1) is 0 Å². The van der Waals surface area contributed by atoms with E-state index < -0.39 is 0 Å². The third-order valence-electron chi connectivity index (χ3n) is 3.36. The number of nitrogens with one attached hydrogen (secondary N) is 3. The second-order valence-electron chi connectivity index (χ2n) is 5.44. The summed E-state index contributed by atoms with van der Waals surface area (Å²) in [5.41, 5.74) is 1.04. The van der Waals surface area contributed by atoms with E-state index in [1.807, 2.05) is 14.0 Å². The van der Waals surface area contributed by atoms with Crippen LogP contribution < -0.4 is 16.0 Å². The van der Waals surface area contributed by atoms with Crippen molar-refractivity contribution in [2.24, 2.45) is 0 Å². The van der Waals surface area contributed by atoms with Crippen LogP contribution in [0.5, 0.6) is 0 Å². The summed E-state index contributed by atoms with van der Waals surface area (Å²) in [5.74, 6) is 1.98. The second-order valence-corrected chi connectivity index (χ2v) is 5.44. The topological polar surface area (TPSA) is 78.9 Å². The van der Waals surface area contributed by atoms with Gasteiger partial charge < -0.3 is 16.0 Å². The largest absolute Gasteiger partial charge is 0.373 e. The Bertz CT molecular complexity index is 461. The van der Waals surface area contributed by atoms with E-state index >= 15 is 0 Å². The maximum absolute atomic E-state index is 11.7. The summed E-state index contributed by atoms with van der Waals surface area (Å²) in [7, 11) is 1.84. The first kappa shape index (κ1) is 17.2. The van der Waals surface area contributed by atoms with Crippen molar-refractivity contribution in [1.29, 1.82) is 0 Å². The Morgan fingerprint density at radius 1 is 1.24 bits per heavy atom. The van der Waals surface area contributed by atoms with Crippen LogP contribution in [0.2, 0.25) is 0 Å². The quantitative estimate of drug-likeness (QED) is 0.685. The first-order valence-corrected chi connectivity index (χ1v) is 7.55. The van der Waals surface area contributed by atoms with Crippen LogP contribution in [-0.2, 0) is 4.79 Å². The number of aromatic nitrogens is 2. The van der Waals surface area contributed by atoms with E-state index in [4.69, 9.17) is 0 Å². The summed E-state index contributed by atoms with van der Waals surface area (Å²) >= 11 is 0. The molecule has 0 fully saturated rings. The molecule has 0 bridgehead atoms. The molecule has 1 aromatic rings. The molecule has 0 aliphatic carbocycles. The van der Waals surface area contributed by atoms with Crippen LogP contribution in [0.1, 0.15) is 52.0 Å². The molecule has 0 saturated heterocycles. The van der Waals surface area contributed by atoms with Gasteiger partial charge in [-0.05, 0) is 19.3 Å². The molecule has 0 spiro atoms. The minimum atomic E-state index is 0.0610. The van der Waals surface area contributed by atoms with Crippen molar-refractivity contribution < 1.29 is 4.79 Å². The molecule has 3 N–H and O–H groups in total. The van der Waals surface area contributed by atoms with Crippen LogP contribution in [0.4, 0.5) is 11.6 Å². The first-order valence-electron chi connectivity index (χ1n) is 7.55. The van der Waals surface area contributed by atoms with Crippen molar-refractivity contribution in [3.63, 3.8) is 0 Å². The second kappa shape index (κ2) is 8.44. The molecule has 0 aromatic carbocycles. The highest BCUT2D eigenvalue weighted by Crippen LogP contribution is 2.27. The molecule has 1 aromatic heterocycles. The Kier molecular flexibility index (Phi) is 6.91. The highest BCUT2D eigenvalue weighted by Gasteiger charge is 2.14. The summed E-state index contributed by atoms with van der Waals surface area (Å²) in [5, 5.41) is 9.27. The fourth-order valence-electron chi connectivity index (χ4n) is 2.03. The molecule has 1 heterocycles. The van der Waals surface area contributed by atoms with E-state index in [-0.39, 0.29) is 11.9 Å². The van der Waals surface area contributed by atoms with Crippen molar-refractivity contribution in [1.82, 2.24) is 15.3 Å². The summed E-state index contributed by atoms with van der Waals surface area (Å²) in [6.45, 7) is 8.81. The summed E-state index contributed by atoms with van der Waals surface area (Å²) in [4.78, 5) is 20.3. The molecule has 0 aliphatic heterocycles. The number of anilines is 2. The molecule has 1 rings (SSSR count). The van der Waals surface area contributed by atoms with Crippen LogP contribution in [0.25, 0.3) is 0 Å². The van der Waals surface area contributed by atoms with Gasteiger partial charge in [-0.2, -0.15) is 0 Å². The van der Waals surface area contributed by atoms with Gasteiger partial charge in [0.25, 0.3) is 0 Å². The normalized spacial score (nSPS) is 12.1. The number of hydrogen-bond acceptors (Lipinski definition) is 5. The molecule has 1 atom stereocenters. The molecule has 0 saturated carbocycles. The predicted octanol–water partition coefficient (Wildman–Crippen LogP) is 2.36. The van der Waals surface area contributed by atoms with Gasteiger partial charge in [-0.3, -0.25) is 4.79 Å². The van der Waals surface area contributed by atoms with Gasteiger partial charge in [0.05, 0.1) is 0 Å². The van der Waals surface area contributed by atoms with Crippen molar-refractivity contribution in [3.8, 4) is 0 Å². The molecule has 0 aliphatic rings. The molecule has 6 nitrogen and oxygen atoms in total. The van der Waals surface area contributed by atoms with Gasteiger partial charge >= 0.3 is 0 Å². The predicted molar refractivity (Wildman–Crippen MR) is 86.7 cm³/mol. The van der Waals surface area contributed by atoms with E-state index in [2.05, 4.69) is 46.7 Å². The van der Waals surface area contributed by atoms with Gasteiger partial charge in [-0.1, -0.05) is 20.8 Å². The van der Waals surface area contributed by atoms with Crippen molar-refractivity contribution in [3.05, 3.63) is 11.9 Å². The van der Waals surface area contributed by atoms with Crippen molar-refractivity contribution in [2.45, 2.75) is 52.5 Å². The molecular weight excluding hydrogens is 266 g/mol. The van der Waals surface area contributed by atoms with E-state index in [9.17, 15) is 4.79 Å². The van der Waals surface area contributed by atoms with Gasteiger partial charge in [0.15, 0.2) is 0 Å². The molecular formula is C15H27N5O. The van der Waals surface area contributed by atoms with E-state index in [1.165, 1.54) is 6.33 Å². The SMILES string of the molecule is CCC(C)NC(=O)CCNc1ncnc(NC)c1C(C)C. The smallest absolute Gasteiger partial charge is 0.221 e. The Hall–Kier alpha value is -1.85. The Balaban J connectivity index is 2.61. The molecule has 0 radical (unpaired) electrons. The molecule has 1 unspecified atom stereocenters. The maximum atomic E-state index is 11.7. The number of amides is 1. The van der Waals surface area contributed by atoms with E-state index in [0.29, 0.717) is 18.9 Å². The van der Waals surface area contributed by atoms with Crippen molar-refractivity contribution >= 4 is 17.5 Å². The Morgan fingerprint density at radius 2 is 1.90 bits per heavy atom. The number of carbonyl (C=O) groups is 1. The lowest BCUT2D eigenvalue weighted by Gasteiger charge is -2.17. The minimum Gasteiger partial charge on any atom is -0.373 e. The van der Waals surface area contributed by atoms with E-state index in [1.54, 1.807) is 0 Å². The van der Waals surface area contributed by atoms with Crippen LogP contribution in [0.15, 0.2) is 6.33 Å². The third kappa shape index (κ3) is 5.21. The summed E-state index contributed by atoms with van der Waals surface area (Å²) in [6, 6.07) is 0.221. The van der Waals surface area contributed by atoms with Crippen LogP contribution >= 0.6 is 0 Å². The minimum absolute atomic E-state index is 0.0610. The van der Waals surface area contributed by atoms with Crippen LogP contribution in [0.3, 0.4) is 0 Å². The highest BCUT2D eigenvalue weighted by molar-refractivity contribution is 5.76. The zero-order chi connectivity index (χ0) is 15.8. The zero-order valence-electron chi connectivity index (χ0n) is 13.7. The van der Waals surface area contributed by atoms with Crippen molar-refractivity contribution in [2.75, 3.05) is 24.2 Å². The zero-order valence-corrected chi connectivity index (χ0v) is 13.7. The number of hydrogen-bond donors (Lipinski definition) is 3. The Morgan fingerprint density at radius 3 is 2.48 bits per heavy atom. The standard InChI is InChI=1S/C15H27N5O/c1-6-11(4)20-12(21)7-8-17-15-13(10(2)3)14(16-5)18-9-19-15/h9-11H,6-8H2,1-5H3,(H,20,21)(H2,16,17,18,19). The number of nitrogens with zero attached hydrogens (tertiary/aromatic N) is 2. The van der Waals surface area contributed by atoms with Gasteiger partial charge in [0.2, 0.25) is 5.91 Å². The molecule has 118 valence electrons. The van der Waals surface area contributed by atoms with Gasteiger partial charge in [0, 0.05) is 31.6 Å². The lowest BCUT2D eigenvalue weighted by Crippen LogP contribution is -2.33. The molecule has 6 heteroatoms. The Labute approximate surface area is 127 Å². The fraction of sp³-hybridized carbons (Fsp3) is 0.667. The fourth-order valence-corrected chi connectivity index (χ4v) is 2.03. The van der Waals surface area contributed by atoms with Gasteiger partial charge in [-0.25, -0.2) is 9.97 Å². The summed E-state index contributed by atoms with van der Waals surface area (Å²) < 4.78 is 0. The molecule has 21 heavy (non-hydrogen) atoms. The van der Waals surface area contributed by atoms with Gasteiger partial charge in [0.1, 0.15) is 18.0 Å². The average molecular weight is 293 g/mol. The third-order valence-corrected chi connectivity index (χ3v) is 3.36. The maximum Gasteiger partial charge on any atom is 0.221 e. The van der Waals surface area contributed by atoms with Crippen LogP contribution in [-0.4, -0.2) is 35.5 Å². The van der Waals surface area contributed by atoms with Crippen LogP contribution in [0, 0.1) is 0 Å². The summed E-state index contributed by atoms with van der Waals surface area (Å²) in [6.07, 6.45) is 2.90. The lowest BCUT2D eigenvalue weighted by molar-refractivity contribution is -0.121. The van der Waals surface area contributed by atoms with E-state index in [0.717, 1.165) is 23.6 Å².